The van der Waals surface area contributed by atoms with Crippen LogP contribution >= 0.6 is 0 Å². The average molecular weight is 462 g/mol. The molecular formula is C26H28FN5O2. The van der Waals surface area contributed by atoms with E-state index in [4.69, 9.17) is 4.74 Å². The molecule has 7 nitrogen and oxygen atoms in total. The number of aromatic amines is 1. The molecule has 0 spiro atoms. The fraction of sp³-hybridized carbons (Fsp3) is 0.346. The van der Waals surface area contributed by atoms with Crippen molar-refractivity contribution in [3.05, 3.63) is 77.0 Å². The maximum absolute atomic E-state index is 13.3. The minimum Gasteiger partial charge on any atom is -0.380 e. The van der Waals surface area contributed by atoms with Crippen LogP contribution in [0.1, 0.15) is 46.3 Å². The summed E-state index contributed by atoms with van der Waals surface area (Å²) in [4.78, 5) is 19.5. The molecule has 1 aliphatic rings. The topological polar surface area (TPSA) is 83.1 Å². The SMILES string of the molecule is COC1CCCN(c2ncc(C(=O)NCCCc3cn[nH]c3)cc2C#Cc2ccc(F)cc2)C1. The Labute approximate surface area is 198 Å². The van der Waals surface area contributed by atoms with Crippen LogP contribution in [0.2, 0.25) is 0 Å². The molecule has 34 heavy (non-hydrogen) atoms. The molecule has 0 bridgehead atoms. The maximum atomic E-state index is 13.3. The number of halogens is 1. The van der Waals surface area contributed by atoms with E-state index in [0.717, 1.165) is 43.6 Å². The molecule has 1 atom stereocenters. The molecule has 2 aromatic heterocycles. The van der Waals surface area contributed by atoms with Crippen molar-refractivity contribution in [3.63, 3.8) is 0 Å². The molecule has 8 heteroatoms. The van der Waals surface area contributed by atoms with Gasteiger partial charge >= 0.3 is 0 Å². The molecule has 1 amide bonds. The van der Waals surface area contributed by atoms with Gasteiger partial charge in [-0.1, -0.05) is 11.8 Å². The lowest BCUT2D eigenvalue weighted by atomic mass is 10.1. The van der Waals surface area contributed by atoms with Gasteiger partial charge in [0.2, 0.25) is 0 Å². The second-order valence-corrected chi connectivity index (χ2v) is 8.26. The molecule has 0 radical (unpaired) electrons. The normalized spacial score (nSPS) is 15.5. The van der Waals surface area contributed by atoms with E-state index in [1.54, 1.807) is 37.7 Å². The van der Waals surface area contributed by atoms with Crippen molar-refractivity contribution in [1.82, 2.24) is 20.5 Å². The molecule has 3 heterocycles. The van der Waals surface area contributed by atoms with Gasteiger partial charge in [0, 0.05) is 44.7 Å². The number of H-pyrrole nitrogens is 1. The third-order valence-corrected chi connectivity index (χ3v) is 5.81. The average Bonchev–Trinajstić information content (AvgIpc) is 3.39. The predicted octanol–water partition coefficient (Wildman–Crippen LogP) is 3.32. The van der Waals surface area contributed by atoms with Crippen molar-refractivity contribution >= 4 is 11.7 Å². The molecule has 0 aliphatic carbocycles. The quantitative estimate of drug-likeness (QED) is 0.417. The van der Waals surface area contributed by atoms with E-state index in [9.17, 15) is 9.18 Å². The van der Waals surface area contributed by atoms with E-state index in [0.29, 0.717) is 29.8 Å². The van der Waals surface area contributed by atoms with Crippen molar-refractivity contribution in [2.75, 3.05) is 31.6 Å². The number of aromatic nitrogens is 3. The third kappa shape index (κ3) is 6.21. The number of anilines is 1. The Balaban J connectivity index is 1.52. The summed E-state index contributed by atoms with van der Waals surface area (Å²) in [5.74, 6) is 6.46. The van der Waals surface area contributed by atoms with Gasteiger partial charge in [0.25, 0.3) is 5.91 Å². The second-order valence-electron chi connectivity index (χ2n) is 8.26. The van der Waals surface area contributed by atoms with Crippen LogP contribution in [0, 0.1) is 17.7 Å². The Hall–Kier alpha value is -3.70. The Morgan fingerprint density at radius 3 is 2.91 bits per heavy atom. The minimum absolute atomic E-state index is 0.131. The minimum atomic E-state index is -0.307. The van der Waals surface area contributed by atoms with Gasteiger partial charge in [-0.25, -0.2) is 9.37 Å². The number of hydrogen-bond donors (Lipinski definition) is 2. The number of aryl methyl sites for hydroxylation is 1. The summed E-state index contributed by atoms with van der Waals surface area (Å²) in [6.45, 7) is 2.11. The number of piperidine rings is 1. The van der Waals surface area contributed by atoms with Crippen molar-refractivity contribution in [2.24, 2.45) is 0 Å². The summed E-state index contributed by atoms with van der Waals surface area (Å²) >= 11 is 0. The number of carbonyl (C=O) groups excluding carboxylic acids is 1. The van der Waals surface area contributed by atoms with Crippen molar-refractivity contribution in [2.45, 2.75) is 31.8 Å². The molecule has 4 rings (SSSR count). The largest absolute Gasteiger partial charge is 0.380 e. The van der Waals surface area contributed by atoms with E-state index >= 15 is 0 Å². The summed E-state index contributed by atoms with van der Waals surface area (Å²) in [6, 6.07) is 7.80. The molecule has 1 saturated heterocycles. The van der Waals surface area contributed by atoms with Gasteiger partial charge in [0.05, 0.1) is 23.4 Å². The van der Waals surface area contributed by atoms with Gasteiger partial charge < -0.3 is 15.0 Å². The van der Waals surface area contributed by atoms with Crippen LogP contribution in [0.25, 0.3) is 0 Å². The maximum Gasteiger partial charge on any atom is 0.252 e. The first-order valence-corrected chi connectivity index (χ1v) is 11.4. The van der Waals surface area contributed by atoms with Crippen LogP contribution in [-0.2, 0) is 11.2 Å². The molecule has 1 fully saturated rings. The van der Waals surface area contributed by atoms with Gasteiger partial charge in [-0.05, 0) is 61.6 Å². The first-order valence-electron chi connectivity index (χ1n) is 11.4. The number of pyridine rings is 1. The number of rotatable bonds is 7. The summed E-state index contributed by atoms with van der Waals surface area (Å²) in [5.41, 5.74) is 2.91. The zero-order chi connectivity index (χ0) is 23.8. The molecule has 1 unspecified atom stereocenters. The van der Waals surface area contributed by atoms with Crippen LogP contribution < -0.4 is 10.2 Å². The highest BCUT2D eigenvalue weighted by Gasteiger charge is 2.23. The van der Waals surface area contributed by atoms with Crippen molar-refractivity contribution in [3.8, 4) is 11.8 Å². The molecular weight excluding hydrogens is 433 g/mol. The number of methoxy groups -OCH3 is 1. The molecule has 176 valence electrons. The lowest BCUT2D eigenvalue weighted by Gasteiger charge is -2.33. The number of carbonyl (C=O) groups is 1. The van der Waals surface area contributed by atoms with Crippen LogP contribution in [0.4, 0.5) is 10.2 Å². The molecule has 1 aliphatic heterocycles. The standard InChI is InChI=1S/C26H28FN5O2/c1-34-24-5-3-13-32(18-24)25-21(9-6-19-7-10-23(27)11-8-19)14-22(17-29-25)26(33)28-12-2-4-20-15-30-31-16-20/h7-8,10-11,14-17,24H,2-5,12-13,18H2,1H3,(H,28,33)(H,30,31). The van der Waals surface area contributed by atoms with E-state index in [-0.39, 0.29) is 17.8 Å². The van der Waals surface area contributed by atoms with E-state index < -0.39 is 0 Å². The molecule has 3 aromatic rings. The number of ether oxygens (including phenoxy) is 1. The monoisotopic (exact) mass is 461 g/mol. The lowest BCUT2D eigenvalue weighted by Crippen LogP contribution is -2.40. The summed E-state index contributed by atoms with van der Waals surface area (Å²) in [6.07, 6.45) is 8.99. The van der Waals surface area contributed by atoms with Crippen LogP contribution in [-0.4, -0.2) is 53.9 Å². The first-order chi connectivity index (χ1) is 16.6. The Morgan fingerprint density at radius 2 is 2.15 bits per heavy atom. The van der Waals surface area contributed by atoms with E-state index in [1.807, 2.05) is 6.20 Å². The Bertz CT molecular complexity index is 1150. The molecule has 2 N–H and O–H groups in total. The van der Waals surface area contributed by atoms with Crippen LogP contribution in [0.15, 0.2) is 48.9 Å². The van der Waals surface area contributed by atoms with Crippen LogP contribution in [0.3, 0.4) is 0 Å². The van der Waals surface area contributed by atoms with E-state index in [1.165, 1.54) is 12.1 Å². The van der Waals surface area contributed by atoms with Gasteiger partial charge in [0.15, 0.2) is 0 Å². The summed E-state index contributed by atoms with van der Waals surface area (Å²) < 4.78 is 18.8. The summed E-state index contributed by atoms with van der Waals surface area (Å²) in [7, 11) is 1.72. The van der Waals surface area contributed by atoms with Gasteiger partial charge in [-0.15, -0.1) is 0 Å². The van der Waals surface area contributed by atoms with Crippen LogP contribution in [0.5, 0.6) is 0 Å². The fourth-order valence-corrected chi connectivity index (χ4v) is 3.93. The van der Waals surface area contributed by atoms with E-state index in [2.05, 4.69) is 37.2 Å². The third-order valence-electron chi connectivity index (χ3n) is 5.81. The second kappa shape index (κ2) is 11.4. The highest BCUT2D eigenvalue weighted by atomic mass is 19.1. The summed E-state index contributed by atoms with van der Waals surface area (Å²) in [5, 5.41) is 9.67. The zero-order valence-electron chi connectivity index (χ0n) is 19.2. The zero-order valence-corrected chi connectivity index (χ0v) is 19.2. The number of amides is 1. The highest BCUT2D eigenvalue weighted by molar-refractivity contribution is 5.94. The van der Waals surface area contributed by atoms with Crippen molar-refractivity contribution in [1.29, 1.82) is 0 Å². The molecule has 0 saturated carbocycles. The highest BCUT2D eigenvalue weighted by Crippen LogP contribution is 2.23. The fourth-order valence-electron chi connectivity index (χ4n) is 3.93. The van der Waals surface area contributed by atoms with Gasteiger partial charge in [-0.2, -0.15) is 5.10 Å². The number of nitrogens with zero attached hydrogens (tertiary/aromatic N) is 3. The number of nitrogens with one attached hydrogen (secondary N) is 2. The first kappa shape index (κ1) is 23.5. The van der Waals surface area contributed by atoms with Crippen molar-refractivity contribution < 1.29 is 13.9 Å². The lowest BCUT2D eigenvalue weighted by molar-refractivity contribution is 0.0890. The number of hydrogen-bond acceptors (Lipinski definition) is 5. The molecule has 1 aromatic carbocycles. The Kier molecular flexibility index (Phi) is 7.89. The Morgan fingerprint density at radius 1 is 1.29 bits per heavy atom. The van der Waals surface area contributed by atoms with Gasteiger partial charge in [-0.3, -0.25) is 9.89 Å². The smallest absolute Gasteiger partial charge is 0.252 e. The van der Waals surface area contributed by atoms with Gasteiger partial charge in [0.1, 0.15) is 11.6 Å². The predicted molar refractivity (Wildman–Crippen MR) is 128 cm³/mol. The number of benzene rings is 1.